The molecule has 1 aliphatic carbocycles. The summed E-state index contributed by atoms with van der Waals surface area (Å²) >= 11 is 0. The van der Waals surface area contributed by atoms with Crippen LogP contribution in [0.15, 0.2) is 30.3 Å². The third-order valence-corrected chi connectivity index (χ3v) is 7.78. The minimum atomic E-state index is -0.772. The Hall–Kier alpha value is -1.27. The number of benzene rings is 1. The molecule has 152 valence electrons. The second-order valence-electron chi connectivity index (χ2n) is 9.44. The molecular weight excluding hydrogens is 356 g/mol. The molecule has 0 radical (unpaired) electrons. The van der Waals surface area contributed by atoms with Gasteiger partial charge in [-0.25, -0.2) is 9.78 Å². The van der Waals surface area contributed by atoms with Crippen LogP contribution in [0.5, 0.6) is 0 Å². The van der Waals surface area contributed by atoms with Crippen molar-refractivity contribution in [2.24, 2.45) is 23.7 Å². The molecule has 0 amide bonds. The molecule has 1 spiro atoms. The summed E-state index contributed by atoms with van der Waals surface area (Å²) in [6.07, 6.45) is 3.78. The van der Waals surface area contributed by atoms with Crippen LogP contribution in [0.25, 0.3) is 0 Å². The summed E-state index contributed by atoms with van der Waals surface area (Å²) in [6.45, 7) is 6.45. The molecule has 0 aromatic heterocycles. The first-order chi connectivity index (χ1) is 13.4. The van der Waals surface area contributed by atoms with Gasteiger partial charge in [-0.2, -0.15) is 0 Å². The number of fused-ring (bicyclic) bond motifs is 2. The first-order valence-electron chi connectivity index (χ1n) is 10.7. The van der Waals surface area contributed by atoms with Crippen LogP contribution in [0.1, 0.15) is 63.2 Å². The van der Waals surface area contributed by atoms with Crippen LogP contribution >= 0.6 is 0 Å². The second kappa shape index (κ2) is 6.63. The smallest absolute Gasteiger partial charge is 0.201 e. The molecule has 1 aromatic rings. The van der Waals surface area contributed by atoms with Crippen molar-refractivity contribution in [2.75, 3.05) is 0 Å². The Kier molecular flexibility index (Phi) is 4.43. The lowest BCUT2D eigenvalue weighted by molar-refractivity contribution is -0.570. The van der Waals surface area contributed by atoms with Crippen molar-refractivity contribution in [2.45, 2.75) is 76.7 Å². The van der Waals surface area contributed by atoms with Crippen LogP contribution in [0.4, 0.5) is 0 Å². The van der Waals surface area contributed by atoms with E-state index in [0.29, 0.717) is 18.3 Å². The summed E-state index contributed by atoms with van der Waals surface area (Å²) in [6, 6.07) is 9.48. The van der Waals surface area contributed by atoms with Gasteiger partial charge in [-0.05, 0) is 43.9 Å². The van der Waals surface area contributed by atoms with E-state index in [2.05, 4.69) is 13.8 Å². The second-order valence-corrected chi connectivity index (χ2v) is 9.44. The van der Waals surface area contributed by atoms with Gasteiger partial charge in [0.15, 0.2) is 17.7 Å². The fourth-order valence-electron chi connectivity index (χ4n) is 6.14. The zero-order chi connectivity index (χ0) is 19.5. The Morgan fingerprint density at radius 3 is 2.64 bits per heavy atom. The first-order valence-corrected chi connectivity index (χ1v) is 10.7. The summed E-state index contributed by atoms with van der Waals surface area (Å²) < 4.78 is 12.9. The van der Waals surface area contributed by atoms with Crippen molar-refractivity contribution in [3.63, 3.8) is 0 Å². The number of rotatable bonds is 3. The molecule has 5 fully saturated rings. The number of ether oxygens (including phenoxy) is 2. The molecule has 28 heavy (non-hydrogen) atoms. The van der Waals surface area contributed by atoms with Gasteiger partial charge >= 0.3 is 0 Å². The lowest BCUT2D eigenvalue weighted by atomic mass is 9.57. The van der Waals surface area contributed by atoms with Crippen LogP contribution in [0, 0.1) is 23.7 Å². The topological polar surface area (TPSA) is 54.0 Å². The number of Topliss-reactive ketones (excluding diaryl/α,β-unsaturated/α-hetero) is 1. The van der Waals surface area contributed by atoms with Gasteiger partial charge in [0.2, 0.25) is 5.79 Å². The molecule has 6 rings (SSSR count). The highest BCUT2D eigenvalue weighted by Crippen LogP contribution is 2.60. The molecule has 8 atom stereocenters. The van der Waals surface area contributed by atoms with Gasteiger partial charge in [0.05, 0.1) is 6.10 Å². The molecule has 5 heteroatoms. The first kappa shape index (κ1) is 18.7. The van der Waals surface area contributed by atoms with Crippen molar-refractivity contribution < 1.29 is 24.0 Å². The molecule has 0 unspecified atom stereocenters. The lowest BCUT2D eigenvalue weighted by Gasteiger charge is -2.60. The zero-order valence-corrected chi connectivity index (χ0v) is 16.9. The molecule has 4 saturated heterocycles. The van der Waals surface area contributed by atoms with E-state index in [4.69, 9.17) is 19.2 Å². The third kappa shape index (κ3) is 2.71. The third-order valence-electron chi connectivity index (χ3n) is 7.78. The van der Waals surface area contributed by atoms with E-state index in [1.54, 1.807) is 0 Å². The summed E-state index contributed by atoms with van der Waals surface area (Å²) in [7, 11) is 0. The van der Waals surface area contributed by atoms with E-state index in [9.17, 15) is 4.79 Å². The average molecular weight is 386 g/mol. The highest BCUT2D eigenvalue weighted by Gasteiger charge is 2.69. The van der Waals surface area contributed by atoms with E-state index >= 15 is 0 Å². The van der Waals surface area contributed by atoms with Crippen molar-refractivity contribution in [1.29, 1.82) is 0 Å². The SMILES string of the molecule is C[C@H]1[C@@H](CC(=O)c2ccccc2)O[C@@H]2O[C@]3(C)CC[C@H]4[C@H](C)CC[C@@H]1[C@@]24OO3. The maximum absolute atomic E-state index is 12.9. The minimum Gasteiger partial charge on any atom is -0.345 e. The monoisotopic (exact) mass is 386 g/mol. The van der Waals surface area contributed by atoms with Crippen molar-refractivity contribution in [3.05, 3.63) is 35.9 Å². The summed E-state index contributed by atoms with van der Waals surface area (Å²) in [5, 5.41) is 0. The summed E-state index contributed by atoms with van der Waals surface area (Å²) in [4.78, 5) is 24.9. The molecule has 1 aromatic carbocycles. The van der Waals surface area contributed by atoms with Crippen LogP contribution in [-0.4, -0.2) is 29.6 Å². The van der Waals surface area contributed by atoms with Crippen molar-refractivity contribution >= 4 is 5.78 Å². The van der Waals surface area contributed by atoms with E-state index < -0.39 is 17.7 Å². The molecule has 5 nitrogen and oxygen atoms in total. The van der Waals surface area contributed by atoms with Gasteiger partial charge in [-0.1, -0.05) is 44.2 Å². The Bertz CT molecular complexity index is 751. The van der Waals surface area contributed by atoms with E-state index in [1.165, 1.54) is 6.42 Å². The predicted molar refractivity (Wildman–Crippen MR) is 102 cm³/mol. The standard InChI is InChI=1S/C23H30O5/c1-14-9-10-18-15(2)20(13-19(24)16-7-5-4-6-8-16)25-21-23(18)17(14)11-12-22(3,26-21)27-28-23/h4-8,14-15,17-18,20-21H,9-13H2,1-3H3/t14-,15-,17+,18+,20-,21-,22+,23-/m1/s1. The fraction of sp³-hybridized carbons (Fsp3) is 0.696. The Morgan fingerprint density at radius 1 is 1.07 bits per heavy atom. The Balaban J connectivity index is 1.46. The van der Waals surface area contributed by atoms with Crippen LogP contribution in [0.2, 0.25) is 0 Å². The van der Waals surface area contributed by atoms with E-state index in [-0.39, 0.29) is 23.7 Å². The molecular formula is C23H30O5. The summed E-state index contributed by atoms with van der Waals surface area (Å²) in [5.74, 6) is 0.721. The largest absolute Gasteiger partial charge is 0.345 e. The zero-order valence-electron chi connectivity index (χ0n) is 16.9. The number of hydrogen-bond acceptors (Lipinski definition) is 5. The lowest BCUT2D eigenvalue weighted by Crippen LogP contribution is -2.70. The minimum absolute atomic E-state index is 0.122. The van der Waals surface area contributed by atoms with Crippen molar-refractivity contribution in [3.8, 4) is 0 Å². The Morgan fingerprint density at radius 2 is 1.86 bits per heavy atom. The van der Waals surface area contributed by atoms with Crippen LogP contribution in [0.3, 0.4) is 0 Å². The molecule has 5 aliphatic rings. The molecule has 4 heterocycles. The Labute approximate surface area is 166 Å². The average Bonchev–Trinajstić information content (AvgIpc) is 2.92. The molecule has 1 saturated carbocycles. The van der Waals surface area contributed by atoms with Gasteiger partial charge in [0.1, 0.15) is 0 Å². The molecule has 4 aliphatic heterocycles. The van der Waals surface area contributed by atoms with E-state index in [1.807, 2.05) is 37.3 Å². The fourth-order valence-corrected chi connectivity index (χ4v) is 6.14. The number of carbonyl (C=O) groups excluding carboxylic acids is 1. The van der Waals surface area contributed by atoms with Gasteiger partial charge in [0.25, 0.3) is 0 Å². The molecule has 0 N–H and O–H groups in total. The number of ketones is 1. The van der Waals surface area contributed by atoms with Gasteiger partial charge < -0.3 is 9.47 Å². The predicted octanol–water partition coefficient (Wildman–Crippen LogP) is 4.51. The van der Waals surface area contributed by atoms with Gasteiger partial charge in [-0.15, -0.1) is 0 Å². The maximum Gasteiger partial charge on any atom is 0.201 e. The normalized spacial score (nSPS) is 47.2. The quantitative estimate of drug-likeness (QED) is 0.565. The van der Waals surface area contributed by atoms with E-state index in [0.717, 1.165) is 24.8 Å². The van der Waals surface area contributed by atoms with Crippen LogP contribution in [-0.2, 0) is 19.2 Å². The highest BCUT2D eigenvalue weighted by molar-refractivity contribution is 5.96. The maximum atomic E-state index is 12.9. The number of carbonyl (C=O) groups is 1. The van der Waals surface area contributed by atoms with Gasteiger partial charge in [-0.3, -0.25) is 4.79 Å². The number of hydrogen-bond donors (Lipinski definition) is 0. The van der Waals surface area contributed by atoms with Crippen LogP contribution < -0.4 is 0 Å². The van der Waals surface area contributed by atoms with Crippen molar-refractivity contribution in [1.82, 2.24) is 0 Å². The van der Waals surface area contributed by atoms with Gasteiger partial charge in [0, 0.05) is 24.3 Å². The summed E-state index contributed by atoms with van der Waals surface area (Å²) in [5.41, 5.74) is 0.183. The molecule has 2 bridgehead atoms. The highest BCUT2D eigenvalue weighted by atomic mass is 17.3.